The average Bonchev–Trinajstić information content (AvgIpc) is 2.84. The largest absolute Gasteiger partial charge is 0.323 e. The maximum absolute atomic E-state index is 11.2. The van der Waals surface area contributed by atoms with Crippen molar-refractivity contribution in [2.24, 2.45) is 0 Å². The molecule has 5 heteroatoms. The molecule has 1 saturated heterocycles. The molecule has 0 atom stereocenters. The van der Waals surface area contributed by atoms with Gasteiger partial charge < -0.3 is 20.2 Å². The van der Waals surface area contributed by atoms with Crippen LogP contribution >= 0.6 is 0 Å². The lowest BCUT2D eigenvalue weighted by Crippen LogP contribution is -2.43. The monoisotopic (exact) mass is 274 g/mol. The summed E-state index contributed by atoms with van der Waals surface area (Å²) in [6, 6.07) is 6.17. The van der Waals surface area contributed by atoms with E-state index in [0.717, 1.165) is 30.5 Å². The van der Waals surface area contributed by atoms with Gasteiger partial charge in [0, 0.05) is 26.2 Å². The number of nitrogens with zero attached hydrogens (tertiary/aromatic N) is 1. The molecule has 108 valence electrons. The predicted molar refractivity (Wildman–Crippen MR) is 81.2 cm³/mol. The summed E-state index contributed by atoms with van der Waals surface area (Å²) in [5.41, 5.74) is 2.97. The van der Waals surface area contributed by atoms with Crippen molar-refractivity contribution in [2.45, 2.75) is 19.3 Å². The number of hydrogen-bond acceptors (Lipinski definition) is 3. The lowest BCUT2D eigenvalue weighted by molar-refractivity contribution is 0.237. The molecular weight excluding hydrogens is 252 g/mol. The van der Waals surface area contributed by atoms with Crippen molar-refractivity contribution in [2.75, 3.05) is 32.7 Å². The van der Waals surface area contributed by atoms with Crippen LogP contribution < -0.4 is 11.0 Å². The molecule has 5 nitrogen and oxygen atoms in total. The summed E-state index contributed by atoms with van der Waals surface area (Å²) in [5, 5.41) is 3.38. The quantitative estimate of drug-likeness (QED) is 0.715. The van der Waals surface area contributed by atoms with E-state index in [1.807, 2.05) is 6.07 Å². The van der Waals surface area contributed by atoms with Crippen molar-refractivity contribution in [1.82, 2.24) is 20.2 Å². The highest BCUT2D eigenvalue weighted by Gasteiger charge is 2.08. The lowest BCUT2D eigenvalue weighted by Gasteiger charge is -2.27. The number of unbranched alkanes of at least 4 members (excludes halogenated alkanes) is 1. The molecule has 0 aliphatic carbocycles. The predicted octanol–water partition coefficient (Wildman–Crippen LogP) is 1.08. The van der Waals surface area contributed by atoms with Crippen LogP contribution in [0.5, 0.6) is 0 Å². The van der Waals surface area contributed by atoms with Crippen molar-refractivity contribution >= 4 is 11.0 Å². The summed E-state index contributed by atoms with van der Waals surface area (Å²) >= 11 is 0. The molecule has 1 aromatic heterocycles. The van der Waals surface area contributed by atoms with Crippen LogP contribution in [0, 0.1) is 0 Å². The van der Waals surface area contributed by atoms with E-state index in [4.69, 9.17) is 0 Å². The van der Waals surface area contributed by atoms with E-state index in [1.54, 1.807) is 0 Å². The van der Waals surface area contributed by atoms with Gasteiger partial charge in [0.2, 0.25) is 0 Å². The Morgan fingerprint density at radius 1 is 1.05 bits per heavy atom. The van der Waals surface area contributed by atoms with E-state index in [9.17, 15) is 4.79 Å². The third kappa shape index (κ3) is 3.29. The maximum Gasteiger partial charge on any atom is 0.323 e. The van der Waals surface area contributed by atoms with E-state index in [2.05, 4.69) is 32.3 Å². The molecule has 3 N–H and O–H groups in total. The molecule has 2 aromatic rings. The summed E-state index contributed by atoms with van der Waals surface area (Å²) in [5.74, 6) is 0. The Labute approximate surface area is 118 Å². The van der Waals surface area contributed by atoms with E-state index < -0.39 is 0 Å². The van der Waals surface area contributed by atoms with E-state index in [0.29, 0.717) is 0 Å². The SMILES string of the molecule is O=c1[nH]c2ccc(CCCCN3CCNCC3)cc2[nH]1. The highest BCUT2D eigenvalue weighted by molar-refractivity contribution is 5.74. The third-order valence-corrected chi connectivity index (χ3v) is 3.98. The Bertz CT molecular complexity index is 610. The first-order valence-electron chi connectivity index (χ1n) is 7.45. The number of nitrogens with one attached hydrogen (secondary N) is 3. The van der Waals surface area contributed by atoms with Crippen LogP contribution in [-0.2, 0) is 6.42 Å². The minimum atomic E-state index is -0.129. The first-order valence-corrected chi connectivity index (χ1v) is 7.45. The zero-order valence-electron chi connectivity index (χ0n) is 11.7. The first-order chi connectivity index (χ1) is 9.81. The number of hydrogen-bond donors (Lipinski definition) is 3. The van der Waals surface area contributed by atoms with Gasteiger partial charge in [-0.1, -0.05) is 6.07 Å². The molecule has 0 bridgehead atoms. The summed E-state index contributed by atoms with van der Waals surface area (Å²) in [7, 11) is 0. The Kier molecular flexibility index (Phi) is 4.18. The topological polar surface area (TPSA) is 63.9 Å². The van der Waals surface area contributed by atoms with Gasteiger partial charge >= 0.3 is 5.69 Å². The van der Waals surface area contributed by atoms with Crippen LogP contribution in [0.2, 0.25) is 0 Å². The lowest BCUT2D eigenvalue weighted by atomic mass is 10.1. The van der Waals surface area contributed by atoms with Gasteiger partial charge in [0.15, 0.2) is 0 Å². The molecule has 3 rings (SSSR count). The molecule has 20 heavy (non-hydrogen) atoms. The van der Waals surface area contributed by atoms with Gasteiger partial charge in [0.1, 0.15) is 0 Å². The minimum absolute atomic E-state index is 0.129. The molecule has 0 spiro atoms. The fourth-order valence-corrected chi connectivity index (χ4v) is 2.83. The summed E-state index contributed by atoms with van der Waals surface area (Å²) < 4.78 is 0. The summed E-state index contributed by atoms with van der Waals surface area (Å²) in [6.07, 6.45) is 3.51. The smallest absolute Gasteiger partial charge is 0.314 e. The van der Waals surface area contributed by atoms with Crippen LogP contribution in [-0.4, -0.2) is 47.6 Å². The van der Waals surface area contributed by atoms with Crippen LogP contribution in [0.15, 0.2) is 23.0 Å². The molecule has 0 radical (unpaired) electrons. The molecule has 0 unspecified atom stereocenters. The summed E-state index contributed by atoms with van der Waals surface area (Å²) in [6.45, 7) is 5.80. The van der Waals surface area contributed by atoms with Gasteiger partial charge in [0.05, 0.1) is 11.0 Å². The van der Waals surface area contributed by atoms with Gasteiger partial charge in [0.25, 0.3) is 0 Å². The van der Waals surface area contributed by atoms with Crippen molar-refractivity contribution in [3.63, 3.8) is 0 Å². The molecule has 1 fully saturated rings. The highest BCUT2D eigenvalue weighted by atomic mass is 16.1. The number of rotatable bonds is 5. The van der Waals surface area contributed by atoms with Crippen molar-refractivity contribution in [3.8, 4) is 0 Å². The van der Waals surface area contributed by atoms with Gasteiger partial charge in [-0.2, -0.15) is 0 Å². The second kappa shape index (κ2) is 6.24. The highest BCUT2D eigenvalue weighted by Crippen LogP contribution is 2.12. The number of piperazine rings is 1. The van der Waals surface area contributed by atoms with Crippen LogP contribution in [0.1, 0.15) is 18.4 Å². The fraction of sp³-hybridized carbons (Fsp3) is 0.533. The van der Waals surface area contributed by atoms with Gasteiger partial charge in [-0.15, -0.1) is 0 Å². The van der Waals surface area contributed by atoms with E-state index in [-0.39, 0.29) is 5.69 Å². The fourth-order valence-electron chi connectivity index (χ4n) is 2.83. The van der Waals surface area contributed by atoms with E-state index >= 15 is 0 Å². The average molecular weight is 274 g/mol. The molecule has 1 aromatic carbocycles. The van der Waals surface area contributed by atoms with Gasteiger partial charge in [-0.3, -0.25) is 0 Å². The van der Waals surface area contributed by atoms with Crippen molar-refractivity contribution in [1.29, 1.82) is 0 Å². The Balaban J connectivity index is 1.48. The maximum atomic E-state index is 11.2. The number of fused-ring (bicyclic) bond motifs is 1. The molecule has 2 heterocycles. The van der Waals surface area contributed by atoms with Crippen LogP contribution in [0.25, 0.3) is 11.0 Å². The van der Waals surface area contributed by atoms with Crippen LogP contribution in [0.3, 0.4) is 0 Å². The second-order valence-electron chi connectivity index (χ2n) is 5.51. The Morgan fingerprint density at radius 3 is 2.70 bits per heavy atom. The zero-order valence-corrected chi connectivity index (χ0v) is 11.7. The first kappa shape index (κ1) is 13.4. The Hall–Kier alpha value is -1.59. The molecule has 0 saturated carbocycles. The number of H-pyrrole nitrogens is 2. The normalized spacial score (nSPS) is 16.8. The number of aromatic amines is 2. The molecule has 1 aliphatic heterocycles. The molecular formula is C15H22N4O. The second-order valence-corrected chi connectivity index (χ2v) is 5.51. The number of aryl methyl sites for hydroxylation is 1. The number of imidazole rings is 1. The van der Waals surface area contributed by atoms with E-state index in [1.165, 1.54) is 38.0 Å². The zero-order chi connectivity index (χ0) is 13.8. The van der Waals surface area contributed by atoms with Crippen LogP contribution in [0.4, 0.5) is 0 Å². The molecule has 1 aliphatic rings. The minimum Gasteiger partial charge on any atom is -0.314 e. The Morgan fingerprint density at radius 2 is 1.85 bits per heavy atom. The number of aromatic nitrogens is 2. The standard InChI is InChI=1S/C15H22N4O/c20-15-17-13-5-4-12(11-14(13)18-15)3-1-2-8-19-9-6-16-7-10-19/h4-5,11,16H,1-3,6-10H2,(H2,17,18,20). The molecule has 0 amide bonds. The third-order valence-electron chi connectivity index (χ3n) is 3.98. The van der Waals surface area contributed by atoms with Gasteiger partial charge in [-0.05, 0) is 43.5 Å². The number of benzene rings is 1. The van der Waals surface area contributed by atoms with Crippen molar-refractivity contribution in [3.05, 3.63) is 34.2 Å². The van der Waals surface area contributed by atoms with Gasteiger partial charge in [-0.25, -0.2) is 4.79 Å². The summed E-state index contributed by atoms with van der Waals surface area (Å²) in [4.78, 5) is 19.3. The van der Waals surface area contributed by atoms with Crippen molar-refractivity contribution < 1.29 is 0 Å².